The normalized spacial score (nSPS) is 12.0. The maximum Gasteiger partial charge on any atom is 0.264 e. The first-order valence-corrected chi connectivity index (χ1v) is 15.3. The number of carbonyl (C=O) groups is 2. The van der Waals surface area contributed by atoms with Crippen molar-refractivity contribution < 1.29 is 18.0 Å². The van der Waals surface area contributed by atoms with E-state index in [0.29, 0.717) is 18.7 Å². The van der Waals surface area contributed by atoms with Crippen molar-refractivity contribution in [2.75, 3.05) is 23.9 Å². The zero-order valence-electron chi connectivity index (χ0n) is 24.2. The molecule has 0 fully saturated rings. The number of sulfonamides is 1. The number of aryl methyl sites for hydroxylation is 3. The molecule has 0 heterocycles. The molecule has 0 aliphatic rings. The van der Waals surface area contributed by atoms with Crippen LogP contribution in [0.25, 0.3) is 0 Å². The van der Waals surface area contributed by atoms with Gasteiger partial charge < -0.3 is 10.2 Å². The van der Waals surface area contributed by atoms with Crippen molar-refractivity contribution in [2.24, 2.45) is 0 Å². The lowest BCUT2D eigenvalue weighted by atomic mass is 10.1. The highest BCUT2D eigenvalue weighted by atomic mass is 32.2. The highest BCUT2D eigenvalue weighted by molar-refractivity contribution is 7.92. The van der Waals surface area contributed by atoms with Crippen LogP contribution in [0.1, 0.15) is 48.9 Å². The zero-order valence-corrected chi connectivity index (χ0v) is 25.0. The van der Waals surface area contributed by atoms with E-state index >= 15 is 0 Å². The molecule has 0 aliphatic carbocycles. The summed E-state index contributed by atoms with van der Waals surface area (Å²) in [7, 11) is -4.07. The summed E-state index contributed by atoms with van der Waals surface area (Å²) in [6.07, 6.45) is 2.31. The van der Waals surface area contributed by atoms with Gasteiger partial charge in [0.2, 0.25) is 11.8 Å². The Morgan fingerprint density at radius 1 is 0.900 bits per heavy atom. The Morgan fingerprint density at radius 3 is 2.20 bits per heavy atom. The second-order valence-electron chi connectivity index (χ2n) is 10.2. The summed E-state index contributed by atoms with van der Waals surface area (Å²) in [6.45, 7) is 9.85. The third kappa shape index (κ3) is 7.94. The fourth-order valence-electron chi connectivity index (χ4n) is 4.35. The first-order chi connectivity index (χ1) is 19.0. The van der Waals surface area contributed by atoms with Gasteiger partial charge in [0.25, 0.3) is 10.0 Å². The van der Waals surface area contributed by atoms with Crippen LogP contribution in [0.3, 0.4) is 0 Å². The van der Waals surface area contributed by atoms with Crippen molar-refractivity contribution in [3.63, 3.8) is 0 Å². The summed E-state index contributed by atoms with van der Waals surface area (Å²) >= 11 is 0. The van der Waals surface area contributed by atoms with Crippen molar-refractivity contribution in [1.82, 2.24) is 10.2 Å². The lowest BCUT2D eigenvalue weighted by Crippen LogP contribution is -2.52. The largest absolute Gasteiger partial charge is 0.354 e. The molecule has 8 heteroatoms. The van der Waals surface area contributed by atoms with Crippen molar-refractivity contribution in [2.45, 2.75) is 64.8 Å². The van der Waals surface area contributed by atoms with E-state index < -0.39 is 28.5 Å². The van der Waals surface area contributed by atoms with Crippen molar-refractivity contribution in [3.8, 4) is 0 Å². The molecule has 214 valence electrons. The zero-order chi connectivity index (χ0) is 29.3. The molecule has 7 nitrogen and oxygen atoms in total. The Hall–Kier alpha value is -3.65. The summed E-state index contributed by atoms with van der Waals surface area (Å²) in [6, 6.07) is 20.9. The van der Waals surface area contributed by atoms with E-state index in [1.165, 1.54) is 4.90 Å². The smallest absolute Gasteiger partial charge is 0.264 e. The van der Waals surface area contributed by atoms with Gasteiger partial charge in [0, 0.05) is 13.1 Å². The van der Waals surface area contributed by atoms with Crippen LogP contribution < -0.4 is 9.62 Å². The fraction of sp³-hybridized carbons (Fsp3) is 0.375. The van der Waals surface area contributed by atoms with E-state index in [0.717, 1.165) is 39.4 Å². The second-order valence-corrected chi connectivity index (χ2v) is 12.1. The predicted molar refractivity (Wildman–Crippen MR) is 161 cm³/mol. The number of nitrogens with zero attached hydrogens (tertiary/aromatic N) is 2. The standard InChI is InChI=1S/C32H41N3O4S/c1-6-7-20-33-32(37)27(5)34(21-19-28-11-9-8-10-12-28)31(36)23-35(29-16-15-25(3)26(4)22-29)40(38,39)30-17-13-24(2)14-18-30/h8-18,22,27H,6-7,19-21,23H2,1-5H3,(H,33,37). The van der Waals surface area contributed by atoms with Crippen LogP contribution in [-0.4, -0.2) is 50.8 Å². The molecular formula is C32H41N3O4S. The molecule has 2 amide bonds. The number of carbonyl (C=O) groups excluding carboxylic acids is 2. The van der Waals surface area contributed by atoms with E-state index in [1.54, 1.807) is 43.3 Å². The molecule has 1 N–H and O–H groups in total. The van der Waals surface area contributed by atoms with Gasteiger partial charge in [-0.2, -0.15) is 0 Å². The number of unbranched alkanes of at least 4 members (excludes halogenated alkanes) is 1. The van der Waals surface area contributed by atoms with Crippen molar-refractivity contribution in [3.05, 3.63) is 95.1 Å². The van der Waals surface area contributed by atoms with Gasteiger partial charge >= 0.3 is 0 Å². The molecular weight excluding hydrogens is 522 g/mol. The quantitative estimate of drug-likeness (QED) is 0.290. The molecule has 0 radical (unpaired) electrons. The Bertz CT molecular complexity index is 1390. The van der Waals surface area contributed by atoms with Gasteiger partial charge in [0.15, 0.2) is 0 Å². The third-order valence-corrected chi connectivity index (χ3v) is 8.94. The average molecular weight is 564 g/mol. The molecule has 1 unspecified atom stereocenters. The number of nitrogens with one attached hydrogen (secondary N) is 1. The van der Waals surface area contributed by atoms with E-state index in [-0.39, 0.29) is 17.3 Å². The molecule has 0 aromatic heterocycles. The first-order valence-electron chi connectivity index (χ1n) is 13.8. The molecule has 0 bridgehead atoms. The number of hydrogen-bond donors (Lipinski definition) is 1. The lowest BCUT2D eigenvalue weighted by molar-refractivity contribution is -0.138. The Labute approximate surface area is 239 Å². The molecule has 3 aromatic rings. The number of anilines is 1. The van der Waals surface area contributed by atoms with Crippen LogP contribution in [0.15, 0.2) is 77.7 Å². The van der Waals surface area contributed by atoms with Gasteiger partial charge in [-0.05, 0) is 81.5 Å². The second kappa shape index (κ2) is 14.1. The van der Waals surface area contributed by atoms with Crippen LogP contribution in [0.4, 0.5) is 5.69 Å². The van der Waals surface area contributed by atoms with Crippen LogP contribution in [-0.2, 0) is 26.0 Å². The molecule has 40 heavy (non-hydrogen) atoms. The number of amides is 2. The first kappa shape index (κ1) is 30.9. The minimum absolute atomic E-state index is 0.102. The molecule has 0 saturated carbocycles. The van der Waals surface area contributed by atoms with Gasteiger partial charge in [0.05, 0.1) is 10.6 Å². The Balaban J connectivity index is 1.97. The van der Waals surface area contributed by atoms with Crippen LogP contribution in [0.2, 0.25) is 0 Å². The van der Waals surface area contributed by atoms with Gasteiger partial charge in [-0.1, -0.05) is 67.4 Å². The Morgan fingerprint density at radius 2 is 1.57 bits per heavy atom. The molecule has 0 saturated heterocycles. The summed E-state index contributed by atoms with van der Waals surface area (Å²) in [5, 5.41) is 2.91. The van der Waals surface area contributed by atoms with E-state index in [1.807, 2.05) is 64.1 Å². The monoisotopic (exact) mass is 563 g/mol. The van der Waals surface area contributed by atoms with E-state index in [4.69, 9.17) is 0 Å². The molecule has 0 spiro atoms. The highest BCUT2D eigenvalue weighted by Gasteiger charge is 2.32. The highest BCUT2D eigenvalue weighted by Crippen LogP contribution is 2.26. The minimum atomic E-state index is -4.07. The minimum Gasteiger partial charge on any atom is -0.354 e. The summed E-state index contributed by atoms with van der Waals surface area (Å²) < 4.78 is 29.0. The maximum absolute atomic E-state index is 13.9. The van der Waals surface area contributed by atoms with E-state index in [9.17, 15) is 18.0 Å². The molecule has 1 atom stereocenters. The lowest BCUT2D eigenvalue weighted by Gasteiger charge is -2.32. The maximum atomic E-state index is 13.9. The summed E-state index contributed by atoms with van der Waals surface area (Å²) in [5.74, 6) is -0.697. The third-order valence-electron chi connectivity index (χ3n) is 7.15. The average Bonchev–Trinajstić information content (AvgIpc) is 2.94. The van der Waals surface area contributed by atoms with Crippen LogP contribution in [0, 0.1) is 20.8 Å². The summed E-state index contributed by atoms with van der Waals surface area (Å²) in [4.78, 5) is 28.6. The summed E-state index contributed by atoms with van der Waals surface area (Å²) in [5.41, 5.74) is 4.29. The molecule has 3 aromatic carbocycles. The van der Waals surface area contributed by atoms with Crippen LogP contribution >= 0.6 is 0 Å². The van der Waals surface area contributed by atoms with Crippen LogP contribution in [0.5, 0.6) is 0 Å². The van der Waals surface area contributed by atoms with Gasteiger partial charge in [-0.3, -0.25) is 13.9 Å². The predicted octanol–water partition coefficient (Wildman–Crippen LogP) is 5.18. The Kier molecular flexibility index (Phi) is 10.9. The van der Waals surface area contributed by atoms with E-state index in [2.05, 4.69) is 5.32 Å². The van der Waals surface area contributed by atoms with Gasteiger partial charge in [-0.25, -0.2) is 8.42 Å². The SMILES string of the molecule is CCCCNC(=O)C(C)N(CCc1ccccc1)C(=O)CN(c1ccc(C)c(C)c1)S(=O)(=O)c1ccc(C)cc1. The fourth-order valence-corrected chi connectivity index (χ4v) is 5.76. The molecule has 0 aliphatic heterocycles. The van der Waals surface area contributed by atoms with Crippen molar-refractivity contribution in [1.29, 1.82) is 0 Å². The number of hydrogen-bond acceptors (Lipinski definition) is 4. The number of rotatable bonds is 13. The van der Waals surface area contributed by atoms with Gasteiger partial charge in [-0.15, -0.1) is 0 Å². The van der Waals surface area contributed by atoms with Crippen molar-refractivity contribution >= 4 is 27.5 Å². The topological polar surface area (TPSA) is 86.8 Å². The van der Waals surface area contributed by atoms with Gasteiger partial charge in [0.1, 0.15) is 12.6 Å². The molecule has 3 rings (SSSR count). The number of benzene rings is 3.